The topological polar surface area (TPSA) is 102 Å². The second-order valence-electron chi connectivity index (χ2n) is 9.42. The number of aromatic nitrogens is 2. The molecule has 1 amide bonds. The molecule has 0 spiro atoms. The third-order valence-corrected chi connectivity index (χ3v) is 7.01. The van der Waals surface area contributed by atoms with Crippen molar-refractivity contribution in [2.45, 2.75) is 26.8 Å². The van der Waals surface area contributed by atoms with Gasteiger partial charge in [-0.25, -0.2) is 9.36 Å². The van der Waals surface area contributed by atoms with E-state index in [1.165, 1.54) is 26.0 Å². The van der Waals surface area contributed by atoms with Crippen LogP contribution in [0.3, 0.4) is 0 Å². The van der Waals surface area contributed by atoms with Crippen LogP contribution in [0.5, 0.6) is 34.6 Å². The number of hydrogen-bond acceptors (Lipinski definition) is 7. The smallest absolute Gasteiger partial charge is 0.278 e. The zero-order valence-electron chi connectivity index (χ0n) is 23.3. The molecular formula is C30H31N3O7. The van der Waals surface area contributed by atoms with Crippen molar-refractivity contribution in [2.75, 3.05) is 33.8 Å². The van der Waals surface area contributed by atoms with Gasteiger partial charge in [0.25, 0.3) is 5.56 Å². The van der Waals surface area contributed by atoms with Crippen LogP contribution < -0.4 is 34.6 Å². The molecule has 0 saturated carbocycles. The van der Waals surface area contributed by atoms with Crippen LogP contribution in [-0.2, 0) is 17.8 Å². The fourth-order valence-electron chi connectivity index (χ4n) is 4.85. The molecule has 1 N–H and O–H groups in total. The van der Waals surface area contributed by atoms with E-state index in [2.05, 4.69) is 5.32 Å². The molecule has 0 saturated heterocycles. The maximum absolute atomic E-state index is 13.8. The maximum Gasteiger partial charge on any atom is 0.278 e. The molecule has 0 unspecified atom stereocenters. The Hall–Kier alpha value is -4.86. The van der Waals surface area contributed by atoms with E-state index in [-0.39, 0.29) is 18.0 Å². The third-order valence-electron chi connectivity index (χ3n) is 7.01. The number of carbonyl (C=O) groups is 1. The van der Waals surface area contributed by atoms with Gasteiger partial charge in [-0.3, -0.25) is 9.59 Å². The zero-order chi connectivity index (χ0) is 28.6. The van der Waals surface area contributed by atoms with Crippen molar-refractivity contribution in [2.24, 2.45) is 0 Å². The first-order valence-electron chi connectivity index (χ1n) is 12.7. The van der Waals surface area contributed by atoms with Crippen LogP contribution >= 0.6 is 0 Å². The zero-order valence-corrected chi connectivity index (χ0v) is 23.3. The predicted octanol–water partition coefficient (Wildman–Crippen LogP) is 4.63. The molecule has 2 heterocycles. The summed E-state index contributed by atoms with van der Waals surface area (Å²) in [5, 5.41) is 2.88. The van der Waals surface area contributed by atoms with Crippen molar-refractivity contribution in [3.63, 3.8) is 0 Å². The summed E-state index contributed by atoms with van der Waals surface area (Å²) < 4.78 is 31.1. The average Bonchev–Trinajstić information content (AvgIpc) is 3.22. The average molecular weight is 546 g/mol. The van der Waals surface area contributed by atoms with Crippen molar-refractivity contribution >= 4 is 11.6 Å². The molecular weight excluding hydrogens is 514 g/mol. The maximum atomic E-state index is 13.8. The minimum Gasteiger partial charge on any atom is -0.493 e. The third kappa shape index (κ3) is 4.61. The first kappa shape index (κ1) is 26.7. The number of carbonyl (C=O) groups excluding carboxylic acids is 1. The molecule has 0 aliphatic carbocycles. The molecule has 5 rings (SSSR count). The second kappa shape index (κ2) is 10.7. The predicted molar refractivity (Wildman–Crippen MR) is 150 cm³/mol. The van der Waals surface area contributed by atoms with Gasteiger partial charge < -0.3 is 29.0 Å². The van der Waals surface area contributed by atoms with Gasteiger partial charge in [0.15, 0.2) is 23.0 Å². The molecule has 0 atom stereocenters. The molecule has 10 heteroatoms. The number of anilines is 1. The Kier molecular flexibility index (Phi) is 7.17. The molecule has 0 radical (unpaired) electrons. The molecule has 208 valence electrons. The van der Waals surface area contributed by atoms with E-state index >= 15 is 0 Å². The number of fused-ring (bicyclic) bond motifs is 2. The fraction of sp³-hybridized carbons (Fsp3) is 0.267. The fourth-order valence-corrected chi connectivity index (χ4v) is 4.85. The largest absolute Gasteiger partial charge is 0.493 e. The molecule has 40 heavy (non-hydrogen) atoms. The lowest BCUT2D eigenvalue weighted by molar-refractivity contribution is -0.117. The number of rotatable bonds is 8. The number of benzene rings is 3. The number of aryl methyl sites for hydroxylation is 2. The Bertz CT molecular complexity index is 1640. The normalized spacial score (nSPS) is 11.7. The Morgan fingerprint density at radius 3 is 2.23 bits per heavy atom. The molecule has 0 bridgehead atoms. The summed E-state index contributed by atoms with van der Waals surface area (Å²) in [5.74, 6) is 2.17. The molecule has 1 aliphatic heterocycles. The summed E-state index contributed by atoms with van der Waals surface area (Å²) in [6.07, 6.45) is 0.340. The Morgan fingerprint density at radius 2 is 1.60 bits per heavy atom. The highest BCUT2D eigenvalue weighted by molar-refractivity contribution is 5.91. The van der Waals surface area contributed by atoms with Crippen molar-refractivity contribution < 1.29 is 28.5 Å². The van der Waals surface area contributed by atoms with Crippen molar-refractivity contribution in [1.29, 1.82) is 0 Å². The number of amides is 1. The van der Waals surface area contributed by atoms with E-state index in [1.54, 1.807) is 30.0 Å². The van der Waals surface area contributed by atoms with E-state index in [4.69, 9.17) is 23.7 Å². The Morgan fingerprint density at radius 1 is 0.900 bits per heavy atom. The van der Waals surface area contributed by atoms with Gasteiger partial charge in [-0.2, -0.15) is 0 Å². The standard InChI is InChI=1S/C30H31N3O7/c1-17-10-11-21(12-18(17)2)33-29(35)22-13-19-8-7-9-23(36-3)27(19)40-30(22)32(33)16-26(34)31-20-14-24(37-4)28(39-6)25(15-20)38-5/h7-12,14-15H,13,16H2,1-6H3,(H,31,34). The van der Waals surface area contributed by atoms with Crippen LogP contribution in [-0.4, -0.2) is 43.7 Å². The van der Waals surface area contributed by atoms with Gasteiger partial charge in [0.2, 0.25) is 17.5 Å². The highest BCUT2D eigenvalue weighted by Crippen LogP contribution is 2.42. The number of methoxy groups -OCH3 is 4. The lowest BCUT2D eigenvalue weighted by Gasteiger charge is -2.21. The Balaban J connectivity index is 1.58. The first-order valence-corrected chi connectivity index (χ1v) is 12.7. The summed E-state index contributed by atoms with van der Waals surface area (Å²) in [4.78, 5) is 27.3. The van der Waals surface area contributed by atoms with E-state index in [0.717, 1.165) is 16.7 Å². The summed E-state index contributed by atoms with van der Waals surface area (Å²) in [6, 6.07) is 14.5. The molecule has 10 nitrogen and oxygen atoms in total. The van der Waals surface area contributed by atoms with Gasteiger partial charge in [0.1, 0.15) is 6.54 Å². The van der Waals surface area contributed by atoms with E-state index in [9.17, 15) is 9.59 Å². The lowest BCUT2D eigenvalue weighted by Crippen LogP contribution is -2.27. The van der Waals surface area contributed by atoms with E-state index in [1.807, 2.05) is 44.2 Å². The number of nitrogens with one attached hydrogen (secondary N) is 1. The van der Waals surface area contributed by atoms with Crippen LogP contribution in [0.15, 0.2) is 53.3 Å². The van der Waals surface area contributed by atoms with Gasteiger partial charge in [0.05, 0.1) is 39.7 Å². The van der Waals surface area contributed by atoms with Crippen LogP contribution in [0.4, 0.5) is 5.69 Å². The quantitative estimate of drug-likeness (QED) is 0.303. The summed E-state index contributed by atoms with van der Waals surface area (Å²) in [5.41, 5.74) is 4.20. The van der Waals surface area contributed by atoms with Crippen molar-refractivity contribution in [3.05, 3.63) is 81.1 Å². The van der Waals surface area contributed by atoms with Gasteiger partial charge in [-0.05, 0) is 43.2 Å². The molecule has 0 fully saturated rings. The monoisotopic (exact) mass is 545 g/mol. The lowest BCUT2D eigenvalue weighted by atomic mass is 10.0. The molecule has 1 aliphatic rings. The highest BCUT2D eigenvalue weighted by Gasteiger charge is 2.31. The number of ether oxygens (including phenoxy) is 5. The summed E-state index contributed by atoms with van der Waals surface area (Å²) in [7, 11) is 6.07. The minimum atomic E-state index is -0.390. The van der Waals surface area contributed by atoms with Crippen LogP contribution in [0.25, 0.3) is 5.69 Å². The Labute approximate surface area is 231 Å². The highest BCUT2D eigenvalue weighted by atomic mass is 16.5. The molecule has 3 aromatic carbocycles. The first-order chi connectivity index (χ1) is 19.3. The summed E-state index contributed by atoms with van der Waals surface area (Å²) in [6.45, 7) is 3.77. The number of nitrogens with zero attached hydrogens (tertiary/aromatic N) is 2. The van der Waals surface area contributed by atoms with Gasteiger partial charge in [0, 0.05) is 29.8 Å². The molecule has 4 aromatic rings. The van der Waals surface area contributed by atoms with Crippen molar-refractivity contribution in [1.82, 2.24) is 9.36 Å². The van der Waals surface area contributed by atoms with Gasteiger partial charge in [-0.15, -0.1) is 0 Å². The minimum absolute atomic E-state index is 0.210. The van der Waals surface area contributed by atoms with Gasteiger partial charge >= 0.3 is 0 Å². The van der Waals surface area contributed by atoms with Crippen LogP contribution in [0.2, 0.25) is 0 Å². The molecule has 1 aromatic heterocycles. The second-order valence-corrected chi connectivity index (χ2v) is 9.42. The number of para-hydroxylation sites is 1. The van der Waals surface area contributed by atoms with Gasteiger partial charge in [-0.1, -0.05) is 18.2 Å². The van der Waals surface area contributed by atoms with Crippen LogP contribution in [0, 0.1) is 13.8 Å². The summed E-state index contributed by atoms with van der Waals surface area (Å²) >= 11 is 0. The number of hydrogen-bond donors (Lipinski definition) is 1. The van der Waals surface area contributed by atoms with E-state index < -0.39 is 0 Å². The van der Waals surface area contributed by atoms with E-state index in [0.29, 0.717) is 58.0 Å². The SMILES string of the molecule is COc1cccc2c1Oc1c(c(=O)n(-c3ccc(C)c(C)c3)n1CC(=O)Nc1cc(OC)c(OC)c(OC)c1)C2. The van der Waals surface area contributed by atoms with Crippen molar-refractivity contribution in [3.8, 4) is 40.3 Å². The van der Waals surface area contributed by atoms with Crippen LogP contribution in [0.1, 0.15) is 22.3 Å².